The van der Waals surface area contributed by atoms with Crippen molar-refractivity contribution in [2.24, 2.45) is 0 Å². The molecule has 0 heterocycles. The smallest absolute Gasteiger partial charge is 0.365 e. The van der Waals surface area contributed by atoms with E-state index in [-0.39, 0.29) is 10.4 Å². The quantitative estimate of drug-likeness (QED) is 0.395. The highest BCUT2D eigenvalue weighted by atomic mass is 16.4. The van der Waals surface area contributed by atoms with Gasteiger partial charge in [-0.2, -0.15) is 0 Å². The molecule has 0 radical (unpaired) electrons. The van der Waals surface area contributed by atoms with Gasteiger partial charge in [0.05, 0.1) is 14.1 Å². The van der Waals surface area contributed by atoms with E-state index >= 15 is 0 Å². The lowest BCUT2D eigenvalue weighted by Gasteiger charge is -2.41. The van der Waals surface area contributed by atoms with Crippen LogP contribution in [0.15, 0.2) is 0 Å². The Morgan fingerprint density at radius 1 is 1.22 bits per heavy atom. The number of carbonyl (C=O) groups is 2. The number of aliphatic carboxylic acids is 1. The fourth-order valence-corrected chi connectivity index (χ4v) is 1.37. The van der Waals surface area contributed by atoms with Crippen molar-refractivity contribution in [3.05, 3.63) is 0 Å². The van der Waals surface area contributed by atoms with E-state index in [1.165, 1.54) is 0 Å². The summed E-state index contributed by atoms with van der Waals surface area (Å²) < 4.78 is 0.210. The molecule has 1 amide bonds. The molecule has 18 heavy (non-hydrogen) atoms. The van der Waals surface area contributed by atoms with Crippen LogP contribution in [0.2, 0.25) is 0 Å². The molecule has 2 N–H and O–H groups in total. The van der Waals surface area contributed by atoms with Crippen molar-refractivity contribution < 1.29 is 19.2 Å². The average Bonchev–Trinajstić information content (AvgIpc) is 2.26. The molecule has 0 aliphatic rings. The van der Waals surface area contributed by atoms with Crippen LogP contribution in [-0.4, -0.2) is 47.8 Å². The van der Waals surface area contributed by atoms with E-state index in [1.54, 1.807) is 27.9 Å². The maximum absolute atomic E-state index is 11.6. The molecular weight excluding hydrogens is 232 g/mol. The van der Waals surface area contributed by atoms with Gasteiger partial charge in [0, 0.05) is 20.3 Å². The first-order valence-electron chi connectivity index (χ1n) is 6.48. The number of rotatable bonds is 8. The van der Waals surface area contributed by atoms with Gasteiger partial charge < -0.3 is 10.4 Å². The second-order valence-corrected chi connectivity index (χ2v) is 5.76. The van der Waals surface area contributed by atoms with Crippen molar-refractivity contribution in [2.45, 2.75) is 52.0 Å². The van der Waals surface area contributed by atoms with Crippen molar-refractivity contribution in [1.29, 1.82) is 0 Å². The maximum Gasteiger partial charge on any atom is 0.365 e. The number of hydrogen-bond donors (Lipinski definition) is 2. The average molecular weight is 259 g/mol. The number of unbranched alkanes of at least 4 members (excludes halogenated alkanes) is 2. The number of nitrogens with zero attached hydrogens (tertiary/aromatic N) is 1. The molecule has 0 aromatic carbocycles. The molecular formula is C13H27N2O3+. The summed E-state index contributed by atoms with van der Waals surface area (Å²) in [7, 11) is 3.61. The Morgan fingerprint density at radius 2 is 1.78 bits per heavy atom. The number of amides is 1. The maximum atomic E-state index is 11.6. The molecule has 0 spiro atoms. The number of carboxylic acid groups (broad SMARTS) is 1. The summed E-state index contributed by atoms with van der Waals surface area (Å²) in [5.74, 6) is -0.872. The van der Waals surface area contributed by atoms with E-state index in [2.05, 4.69) is 12.2 Å². The minimum absolute atomic E-state index is 0.00385. The number of nitrogens with one attached hydrogen (secondary N) is 1. The molecule has 0 aliphatic heterocycles. The van der Waals surface area contributed by atoms with Crippen LogP contribution in [0, 0.1) is 0 Å². The van der Waals surface area contributed by atoms with E-state index in [9.17, 15) is 14.7 Å². The summed E-state index contributed by atoms with van der Waals surface area (Å²) in [6.45, 7) is 5.74. The van der Waals surface area contributed by atoms with E-state index in [0.717, 1.165) is 19.3 Å². The Morgan fingerprint density at radius 3 is 2.22 bits per heavy atom. The number of carbonyl (C=O) groups excluding carboxylic acids is 1. The molecule has 0 aliphatic carbocycles. The zero-order valence-electron chi connectivity index (χ0n) is 12.2. The first kappa shape index (κ1) is 16.9. The molecule has 0 atom stereocenters. The molecule has 5 nitrogen and oxygen atoms in total. The summed E-state index contributed by atoms with van der Waals surface area (Å²) in [6, 6.07) is 0. The molecule has 0 unspecified atom stereocenters. The van der Waals surface area contributed by atoms with Crippen LogP contribution in [0.1, 0.15) is 46.5 Å². The van der Waals surface area contributed by atoms with Gasteiger partial charge in [-0.05, 0) is 6.42 Å². The first-order valence-corrected chi connectivity index (χ1v) is 6.48. The summed E-state index contributed by atoms with van der Waals surface area (Å²) in [6.07, 6.45) is 3.53. The highest BCUT2D eigenvalue weighted by Gasteiger charge is 2.43. The van der Waals surface area contributed by atoms with Crippen LogP contribution in [0.3, 0.4) is 0 Å². The predicted octanol–water partition coefficient (Wildman–Crippen LogP) is 1.58. The van der Waals surface area contributed by atoms with Gasteiger partial charge in [0.2, 0.25) is 5.91 Å². The molecule has 0 saturated carbocycles. The molecule has 0 aromatic heterocycles. The Bertz CT molecular complexity index is 299. The highest BCUT2D eigenvalue weighted by molar-refractivity contribution is 5.77. The molecule has 5 heteroatoms. The number of likely N-dealkylation sites (N-methyl/N-ethyl adjacent to an activating group) is 1. The highest BCUT2D eigenvalue weighted by Crippen LogP contribution is 2.19. The number of carboxylic acids is 1. The molecule has 0 bridgehead atoms. The predicted molar refractivity (Wildman–Crippen MR) is 71.0 cm³/mol. The van der Waals surface area contributed by atoms with Crippen molar-refractivity contribution in [1.82, 2.24) is 5.32 Å². The zero-order chi connectivity index (χ0) is 14.4. The van der Waals surface area contributed by atoms with Crippen LogP contribution >= 0.6 is 0 Å². The summed E-state index contributed by atoms with van der Waals surface area (Å²) in [5.41, 5.74) is -0.934. The Kier molecular flexibility index (Phi) is 6.32. The number of quaternary nitrogens is 1. The van der Waals surface area contributed by atoms with Crippen LogP contribution in [0.25, 0.3) is 0 Å². The van der Waals surface area contributed by atoms with Crippen LogP contribution in [0.4, 0.5) is 0 Å². The number of hydrogen-bond acceptors (Lipinski definition) is 2. The largest absolute Gasteiger partial charge is 0.477 e. The topological polar surface area (TPSA) is 66.4 Å². The summed E-state index contributed by atoms with van der Waals surface area (Å²) in [5, 5.41) is 12.0. The molecule has 0 aromatic rings. The second kappa shape index (κ2) is 6.73. The van der Waals surface area contributed by atoms with E-state index < -0.39 is 11.5 Å². The fourth-order valence-electron chi connectivity index (χ4n) is 1.37. The lowest BCUT2D eigenvalue weighted by Crippen LogP contribution is -2.63. The lowest BCUT2D eigenvalue weighted by atomic mass is 10.0. The van der Waals surface area contributed by atoms with E-state index in [1.807, 2.05) is 0 Å². The van der Waals surface area contributed by atoms with Gasteiger partial charge in [0.1, 0.15) is 0 Å². The Hall–Kier alpha value is -1.10. The van der Waals surface area contributed by atoms with Gasteiger partial charge in [-0.1, -0.05) is 19.8 Å². The summed E-state index contributed by atoms with van der Waals surface area (Å²) in [4.78, 5) is 22.8. The molecule has 0 rings (SSSR count). The Balaban J connectivity index is 4.27. The lowest BCUT2D eigenvalue weighted by molar-refractivity contribution is -0.929. The fraction of sp³-hybridized carbons (Fsp3) is 0.846. The third kappa shape index (κ3) is 4.64. The minimum atomic E-state index is -0.934. The van der Waals surface area contributed by atoms with Crippen LogP contribution in [0.5, 0.6) is 0 Å². The monoisotopic (exact) mass is 259 g/mol. The van der Waals surface area contributed by atoms with E-state index in [4.69, 9.17) is 0 Å². The first-order chi connectivity index (χ1) is 8.15. The Labute approximate surface area is 110 Å². The van der Waals surface area contributed by atoms with Crippen LogP contribution in [-0.2, 0) is 9.59 Å². The van der Waals surface area contributed by atoms with Gasteiger partial charge in [-0.25, -0.2) is 4.79 Å². The van der Waals surface area contributed by atoms with Crippen molar-refractivity contribution in [3.8, 4) is 0 Å². The normalized spacial score (nSPS) is 12.3. The SMILES string of the molecule is CCCCCC(=O)NC[N+](C)(C)C(C)(C)C(=O)O. The van der Waals surface area contributed by atoms with Crippen molar-refractivity contribution in [2.75, 3.05) is 20.8 Å². The van der Waals surface area contributed by atoms with Crippen molar-refractivity contribution >= 4 is 11.9 Å². The second-order valence-electron chi connectivity index (χ2n) is 5.76. The minimum Gasteiger partial charge on any atom is -0.477 e. The van der Waals surface area contributed by atoms with Gasteiger partial charge in [0.25, 0.3) is 0 Å². The van der Waals surface area contributed by atoms with Gasteiger partial charge in [-0.15, -0.1) is 0 Å². The van der Waals surface area contributed by atoms with Crippen LogP contribution < -0.4 is 5.32 Å². The molecule has 0 fully saturated rings. The molecule has 0 saturated heterocycles. The van der Waals surface area contributed by atoms with Gasteiger partial charge in [-0.3, -0.25) is 9.28 Å². The standard InChI is InChI=1S/C13H26N2O3/c1-6-7-8-9-11(16)14-10-15(4,5)13(2,3)12(17)18/h6-10H2,1-5H3,(H-,14,16,17,18)/p+1. The summed E-state index contributed by atoms with van der Waals surface area (Å²) >= 11 is 0. The van der Waals surface area contributed by atoms with Crippen molar-refractivity contribution in [3.63, 3.8) is 0 Å². The van der Waals surface area contributed by atoms with Gasteiger partial charge in [0.15, 0.2) is 12.2 Å². The molecule has 106 valence electrons. The third-order valence-electron chi connectivity index (χ3n) is 3.72. The third-order valence-corrected chi connectivity index (χ3v) is 3.72. The van der Waals surface area contributed by atoms with E-state index in [0.29, 0.717) is 13.1 Å². The zero-order valence-corrected chi connectivity index (χ0v) is 12.2. The van der Waals surface area contributed by atoms with Gasteiger partial charge >= 0.3 is 5.97 Å².